The van der Waals surface area contributed by atoms with E-state index in [4.69, 9.17) is 5.73 Å². The Hall–Kier alpha value is -0.290. The largest absolute Gasteiger partial charge is 0.374 e. The van der Waals surface area contributed by atoms with E-state index in [-0.39, 0.29) is 0 Å². The highest BCUT2D eigenvalue weighted by molar-refractivity contribution is 7.98. The molecule has 0 unspecified atom stereocenters. The zero-order valence-corrected chi connectivity index (χ0v) is 8.04. The van der Waals surface area contributed by atoms with Gasteiger partial charge in [-0.1, -0.05) is 6.92 Å². The monoisotopic (exact) mass is 189 g/mol. The van der Waals surface area contributed by atoms with E-state index in [1.165, 1.54) is 23.7 Å². The highest BCUT2D eigenvalue weighted by Crippen LogP contribution is 2.13. The Labute approximate surface area is 74.6 Å². The number of rotatable bonds is 4. The fourth-order valence-electron chi connectivity index (χ4n) is 0.634. The molecule has 0 radical (unpaired) electrons. The molecule has 0 aromatic carbocycles. The Morgan fingerprint density at radius 2 is 2.45 bits per heavy atom. The molecule has 0 saturated carbocycles. The topological polar surface area (TPSA) is 51.8 Å². The fraction of sp³-hybridized carbons (Fsp3) is 0.667. The van der Waals surface area contributed by atoms with Gasteiger partial charge >= 0.3 is 0 Å². The molecule has 5 heteroatoms. The minimum atomic E-state index is 0.567. The van der Waals surface area contributed by atoms with Crippen molar-refractivity contribution in [2.24, 2.45) is 0 Å². The van der Waals surface area contributed by atoms with Crippen molar-refractivity contribution in [2.45, 2.75) is 19.1 Å². The molecule has 0 atom stereocenters. The van der Waals surface area contributed by atoms with E-state index in [2.05, 4.69) is 16.3 Å². The third-order valence-electron chi connectivity index (χ3n) is 1.06. The molecule has 0 saturated heterocycles. The maximum atomic E-state index is 5.42. The van der Waals surface area contributed by atoms with Gasteiger partial charge in [-0.25, -0.2) is 4.98 Å². The molecular weight excluding hydrogens is 178 g/mol. The maximum Gasteiger partial charge on any atom is 0.199 e. The molecule has 62 valence electrons. The van der Waals surface area contributed by atoms with Crippen molar-refractivity contribution in [3.8, 4) is 0 Å². The molecule has 2 N–H and O–H groups in total. The molecule has 1 aromatic heterocycles. The number of nitrogen functional groups attached to an aromatic ring is 1. The van der Waals surface area contributed by atoms with E-state index in [1.807, 2.05) is 11.8 Å². The molecule has 11 heavy (non-hydrogen) atoms. The Kier molecular flexibility index (Phi) is 3.65. The van der Waals surface area contributed by atoms with Crippen LogP contribution in [0, 0.1) is 0 Å². The number of aromatic nitrogens is 2. The van der Waals surface area contributed by atoms with Crippen LogP contribution in [0.3, 0.4) is 0 Å². The van der Waals surface area contributed by atoms with Crippen LogP contribution in [0.25, 0.3) is 0 Å². The Morgan fingerprint density at radius 1 is 1.64 bits per heavy atom. The van der Waals surface area contributed by atoms with Crippen LogP contribution in [0.5, 0.6) is 0 Å². The lowest BCUT2D eigenvalue weighted by Crippen LogP contribution is -1.86. The van der Waals surface area contributed by atoms with Gasteiger partial charge in [-0.2, -0.15) is 16.1 Å². The highest BCUT2D eigenvalue weighted by Gasteiger charge is 1.99. The standard InChI is InChI=1S/C6H11N3S2/c1-2-3-10-4-5-8-6(7)11-9-5/h2-4H2,1H3,(H2,7,8,9). The summed E-state index contributed by atoms with van der Waals surface area (Å²) >= 11 is 3.11. The highest BCUT2D eigenvalue weighted by atomic mass is 32.2. The van der Waals surface area contributed by atoms with Crippen molar-refractivity contribution in [3.63, 3.8) is 0 Å². The van der Waals surface area contributed by atoms with Gasteiger partial charge in [0.1, 0.15) is 0 Å². The van der Waals surface area contributed by atoms with Crippen LogP contribution in [0.15, 0.2) is 0 Å². The van der Waals surface area contributed by atoms with E-state index in [0.717, 1.165) is 11.6 Å². The van der Waals surface area contributed by atoms with Gasteiger partial charge in [0.25, 0.3) is 0 Å². The van der Waals surface area contributed by atoms with Gasteiger partial charge in [-0.05, 0) is 12.2 Å². The molecule has 0 aliphatic carbocycles. The number of hydrogen-bond acceptors (Lipinski definition) is 5. The Balaban J connectivity index is 2.27. The van der Waals surface area contributed by atoms with Crippen molar-refractivity contribution in [1.29, 1.82) is 0 Å². The van der Waals surface area contributed by atoms with Gasteiger partial charge in [0.2, 0.25) is 0 Å². The van der Waals surface area contributed by atoms with E-state index in [0.29, 0.717) is 5.13 Å². The summed E-state index contributed by atoms with van der Waals surface area (Å²) in [5.74, 6) is 2.92. The van der Waals surface area contributed by atoms with Crippen LogP contribution in [-0.4, -0.2) is 15.1 Å². The molecule has 1 heterocycles. The number of nitrogens with zero attached hydrogens (tertiary/aromatic N) is 2. The number of hydrogen-bond donors (Lipinski definition) is 1. The summed E-state index contributed by atoms with van der Waals surface area (Å²) in [5.41, 5.74) is 5.42. The number of anilines is 1. The molecule has 0 aliphatic rings. The average Bonchev–Trinajstić information content (AvgIpc) is 2.37. The normalized spacial score (nSPS) is 10.3. The second-order valence-corrected chi connectivity index (χ2v) is 3.99. The molecular formula is C6H11N3S2. The van der Waals surface area contributed by atoms with E-state index < -0.39 is 0 Å². The summed E-state index contributed by atoms with van der Waals surface area (Å²) in [7, 11) is 0. The number of thioether (sulfide) groups is 1. The van der Waals surface area contributed by atoms with Crippen molar-refractivity contribution in [2.75, 3.05) is 11.5 Å². The van der Waals surface area contributed by atoms with Gasteiger partial charge in [0.15, 0.2) is 11.0 Å². The molecule has 1 rings (SSSR count). The zero-order chi connectivity index (χ0) is 8.10. The van der Waals surface area contributed by atoms with Crippen molar-refractivity contribution in [1.82, 2.24) is 9.36 Å². The molecule has 0 aliphatic heterocycles. The van der Waals surface area contributed by atoms with Crippen LogP contribution >= 0.6 is 23.3 Å². The van der Waals surface area contributed by atoms with Crippen LogP contribution in [-0.2, 0) is 5.75 Å². The predicted octanol–water partition coefficient (Wildman–Crippen LogP) is 1.76. The van der Waals surface area contributed by atoms with E-state index >= 15 is 0 Å². The molecule has 0 spiro atoms. The van der Waals surface area contributed by atoms with Crippen molar-refractivity contribution < 1.29 is 0 Å². The summed E-state index contributed by atoms with van der Waals surface area (Å²) in [6.07, 6.45) is 1.20. The quantitative estimate of drug-likeness (QED) is 0.733. The van der Waals surface area contributed by atoms with Crippen LogP contribution in [0.4, 0.5) is 5.13 Å². The summed E-state index contributed by atoms with van der Waals surface area (Å²) < 4.78 is 4.07. The average molecular weight is 189 g/mol. The molecule has 3 nitrogen and oxygen atoms in total. The minimum absolute atomic E-state index is 0.567. The van der Waals surface area contributed by atoms with Gasteiger partial charge in [0.05, 0.1) is 5.75 Å². The van der Waals surface area contributed by atoms with E-state index in [1.54, 1.807) is 0 Å². The van der Waals surface area contributed by atoms with Gasteiger partial charge < -0.3 is 5.73 Å². The minimum Gasteiger partial charge on any atom is -0.374 e. The van der Waals surface area contributed by atoms with Gasteiger partial charge in [0, 0.05) is 11.5 Å². The summed E-state index contributed by atoms with van der Waals surface area (Å²) in [6.45, 7) is 2.16. The second-order valence-electron chi connectivity index (χ2n) is 2.10. The first-order valence-corrected chi connectivity index (χ1v) is 5.41. The van der Waals surface area contributed by atoms with Crippen LogP contribution in [0.2, 0.25) is 0 Å². The lowest BCUT2D eigenvalue weighted by Gasteiger charge is -1.92. The number of nitrogens with two attached hydrogens (primary N) is 1. The first kappa shape index (κ1) is 8.80. The van der Waals surface area contributed by atoms with Crippen LogP contribution < -0.4 is 5.73 Å². The molecule has 0 amide bonds. The fourth-order valence-corrected chi connectivity index (χ4v) is 1.91. The first-order valence-electron chi connectivity index (χ1n) is 3.48. The molecule has 0 bridgehead atoms. The van der Waals surface area contributed by atoms with Gasteiger partial charge in [-0.3, -0.25) is 0 Å². The Bertz CT molecular complexity index is 211. The lowest BCUT2D eigenvalue weighted by atomic mass is 10.6. The summed E-state index contributed by atoms with van der Waals surface area (Å²) in [4.78, 5) is 4.05. The summed E-state index contributed by atoms with van der Waals surface area (Å²) in [6, 6.07) is 0. The maximum absolute atomic E-state index is 5.42. The first-order chi connectivity index (χ1) is 5.33. The predicted molar refractivity (Wildman–Crippen MR) is 50.8 cm³/mol. The summed E-state index contributed by atoms with van der Waals surface area (Å²) in [5, 5.41) is 0.567. The zero-order valence-electron chi connectivity index (χ0n) is 6.41. The van der Waals surface area contributed by atoms with Crippen molar-refractivity contribution >= 4 is 28.4 Å². The third kappa shape index (κ3) is 3.07. The van der Waals surface area contributed by atoms with Gasteiger partial charge in [-0.15, -0.1) is 0 Å². The van der Waals surface area contributed by atoms with Crippen LogP contribution in [0.1, 0.15) is 19.2 Å². The SMILES string of the molecule is CCCSCc1nsc(N)n1. The second kappa shape index (κ2) is 4.56. The third-order valence-corrected chi connectivity index (χ3v) is 2.80. The molecule has 0 fully saturated rings. The molecule has 1 aromatic rings. The van der Waals surface area contributed by atoms with E-state index in [9.17, 15) is 0 Å². The lowest BCUT2D eigenvalue weighted by molar-refractivity contribution is 1.09. The van der Waals surface area contributed by atoms with Crippen molar-refractivity contribution in [3.05, 3.63) is 5.82 Å². The smallest absolute Gasteiger partial charge is 0.199 e. The Morgan fingerprint density at radius 3 is 3.00 bits per heavy atom.